The van der Waals surface area contributed by atoms with Crippen LogP contribution in [0.3, 0.4) is 0 Å². The summed E-state index contributed by atoms with van der Waals surface area (Å²) >= 11 is 0. The molecule has 5 N–H and O–H groups in total. The van der Waals surface area contributed by atoms with Crippen LogP contribution in [0.4, 0.5) is 4.79 Å². The fourth-order valence-corrected chi connectivity index (χ4v) is 3.51. The zero-order valence-corrected chi connectivity index (χ0v) is 16.2. The minimum absolute atomic E-state index is 0.119. The van der Waals surface area contributed by atoms with Crippen molar-refractivity contribution in [3.8, 4) is 5.75 Å². The smallest absolute Gasteiger partial charge is 0.339 e. The Balaban J connectivity index is 1.57. The molecule has 0 saturated carbocycles. The molecule has 1 aliphatic rings. The van der Waals surface area contributed by atoms with Gasteiger partial charge >= 0.3 is 17.6 Å². The van der Waals surface area contributed by atoms with Gasteiger partial charge in [-0.1, -0.05) is 0 Å². The summed E-state index contributed by atoms with van der Waals surface area (Å²) in [5, 5.41) is 14.8. The zero-order chi connectivity index (χ0) is 21.7. The van der Waals surface area contributed by atoms with Crippen molar-refractivity contribution in [2.45, 2.75) is 38.1 Å². The van der Waals surface area contributed by atoms with Crippen LogP contribution in [0.1, 0.15) is 30.4 Å². The third kappa shape index (κ3) is 5.07. The van der Waals surface area contributed by atoms with E-state index >= 15 is 0 Å². The Morgan fingerprint density at radius 1 is 1.23 bits per heavy atom. The van der Waals surface area contributed by atoms with Crippen LogP contribution in [0, 0.1) is 0 Å². The third-order valence-electron chi connectivity index (χ3n) is 4.92. The fourth-order valence-electron chi connectivity index (χ4n) is 3.51. The van der Waals surface area contributed by atoms with Crippen molar-refractivity contribution in [1.29, 1.82) is 0 Å². The molecule has 3 rings (SSSR count). The molecular formula is C20H23N3O7. The molecule has 0 spiro atoms. The number of urea groups is 1. The highest BCUT2D eigenvalue weighted by Crippen LogP contribution is 2.29. The van der Waals surface area contributed by atoms with Crippen LogP contribution in [0.15, 0.2) is 27.4 Å². The van der Waals surface area contributed by atoms with E-state index in [1.54, 1.807) is 18.2 Å². The third-order valence-corrected chi connectivity index (χ3v) is 4.92. The van der Waals surface area contributed by atoms with Crippen molar-refractivity contribution in [2.24, 2.45) is 5.73 Å². The molecule has 30 heavy (non-hydrogen) atoms. The van der Waals surface area contributed by atoms with Gasteiger partial charge in [0.1, 0.15) is 17.4 Å². The molecule has 1 heterocycles. The number of rotatable bonds is 9. The van der Waals surface area contributed by atoms with Crippen LogP contribution >= 0.6 is 0 Å². The Bertz CT molecular complexity index is 1030. The summed E-state index contributed by atoms with van der Waals surface area (Å²) in [7, 11) is 0. The molecule has 10 nitrogen and oxygen atoms in total. The molecule has 2 aromatic rings. The number of carboxylic acid groups (broad SMARTS) is 1. The number of carboxylic acids is 1. The largest absolute Gasteiger partial charge is 0.484 e. The average Bonchev–Trinajstić information content (AvgIpc) is 3.19. The quantitative estimate of drug-likeness (QED) is 0.344. The minimum Gasteiger partial charge on any atom is -0.484 e. The number of primary amides is 1. The number of amides is 3. The molecule has 0 radical (unpaired) electrons. The van der Waals surface area contributed by atoms with E-state index in [0.29, 0.717) is 17.8 Å². The van der Waals surface area contributed by atoms with Gasteiger partial charge in [0.25, 0.3) is 5.91 Å². The first-order valence-corrected chi connectivity index (χ1v) is 9.62. The van der Waals surface area contributed by atoms with Crippen molar-refractivity contribution < 1.29 is 28.6 Å². The summed E-state index contributed by atoms with van der Waals surface area (Å²) in [4.78, 5) is 46.1. The van der Waals surface area contributed by atoms with Crippen LogP contribution in [0.2, 0.25) is 0 Å². The summed E-state index contributed by atoms with van der Waals surface area (Å²) < 4.78 is 10.8. The second-order valence-electron chi connectivity index (χ2n) is 7.04. The lowest BCUT2D eigenvalue weighted by Crippen LogP contribution is -2.43. The second kappa shape index (κ2) is 9.29. The molecule has 0 bridgehead atoms. The molecule has 0 aliphatic heterocycles. The highest BCUT2D eigenvalue weighted by molar-refractivity contribution is 5.85. The van der Waals surface area contributed by atoms with Gasteiger partial charge in [-0.2, -0.15) is 0 Å². The molecule has 1 aromatic carbocycles. The number of aliphatic carboxylic acids is 1. The lowest BCUT2D eigenvalue weighted by atomic mass is 10.1. The van der Waals surface area contributed by atoms with E-state index in [2.05, 4.69) is 10.6 Å². The molecule has 160 valence electrons. The van der Waals surface area contributed by atoms with Gasteiger partial charge in [-0.05, 0) is 49.8 Å². The molecule has 0 unspecified atom stereocenters. The number of nitrogens with two attached hydrogens (primary N) is 1. The Kier molecular flexibility index (Phi) is 6.55. The van der Waals surface area contributed by atoms with E-state index < -0.39 is 30.6 Å². The van der Waals surface area contributed by atoms with Crippen molar-refractivity contribution in [3.05, 3.63) is 39.7 Å². The number of hydrogen-bond acceptors (Lipinski definition) is 6. The summed E-state index contributed by atoms with van der Waals surface area (Å²) in [6, 6.07) is 3.20. The standard InChI is InChI=1S/C20H23N3O7/c21-20(28)22-8-2-5-15(18(25)26)23-17(24)10-29-11-6-7-13-12-3-1-4-14(12)19(27)30-16(13)9-11/h6-7,9,15H,1-5,8,10H2,(H,23,24)(H,25,26)(H3,21,22,28)/t15-/m0/s1. The van der Waals surface area contributed by atoms with E-state index in [9.17, 15) is 24.3 Å². The Labute approximate surface area is 171 Å². The number of carbonyl (C=O) groups excluding carboxylic acids is 2. The number of nitrogens with one attached hydrogen (secondary N) is 2. The number of hydrogen-bond donors (Lipinski definition) is 4. The van der Waals surface area contributed by atoms with E-state index in [0.717, 1.165) is 35.8 Å². The van der Waals surface area contributed by atoms with Crippen LogP contribution < -0.4 is 26.7 Å². The maximum Gasteiger partial charge on any atom is 0.339 e. The van der Waals surface area contributed by atoms with Crippen LogP contribution in [-0.2, 0) is 22.4 Å². The van der Waals surface area contributed by atoms with E-state index in [-0.39, 0.29) is 18.6 Å². The van der Waals surface area contributed by atoms with Gasteiger partial charge in [0.05, 0.1) is 0 Å². The Morgan fingerprint density at radius 2 is 2.00 bits per heavy atom. The van der Waals surface area contributed by atoms with E-state index in [1.807, 2.05) is 0 Å². The van der Waals surface area contributed by atoms with Crippen molar-refractivity contribution in [3.63, 3.8) is 0 Å². The summed E-state index contributed by atoms with van der Waals surface area (Å²) in [6.07, 6.45) is 2.91. The molecule has 0 saturated heterocycles. The molecule has 10 heteroatoms. The predicted octanol–water partition coefficient (Wildman–Crippen LogP) is 0.678. The molecule has 3 amide bonds. The minimum atomic E-state index is -1.19. The average molecular weight is 417 g/mol. The number of ether oxygens (including phenoxy) is 1. The first-order valence-electron chi connectivity index (χ1n) is 9.62. The topological polar surface area (TPSA) is 161 Å². The van der Waals surface area contributed by atoms with Gasteiger partial charge in [-0.3, -0.25) is 4.79 Å². The van der Waals surface area contributed by atoms with Crippen LogP contribution in [0.25, 0.3) is 11.0 Å². The van der Waals surface area contributed by atoms with Gasteiger partial charge in [0.2, 0.25) is 0 Å². The lowest BCUT2D eigenvalue weighted by molar-refractivity contribution is -0.142. The molecule has 1 aliphatic carbocycles. The number of benzene rings is 1. The summed E-state index contributed by atoms with van der Waals surface area (Å²) in [5.41, 5.74) is 6.71. The first kappa shape index (κ1) is 21.2. The number of fused-ring (bicyclic) bond motifs is 3. The predicted molar refractivity (Wildman–Crippen MR) is 106 cm³/mol. The maximum atomic E-state index is 12.1. The summed E-state index contributed by atoms with van der Waals surface area (Å²) in [5.74, 6) is -1.47. The lowest BCUT2D eigenvalue weighted by Gasteiger charge is -2.15. The van der Waals surface area contributed by atoms with Crippen molar-refractivity contribution >= 4 is 28.9 Å². The SMILES string of the molecule is NC(=O)NCCC[C@H](NC(=O)COc1ccc2c3c(c(=O)oc2c1)CCC3)C(=O)O. The Morgan fingerprint density at radius 3 is 2.73 bits per heavy atom. The van der Waals surface area contributed by atoms with E-state index in [4.69, 9.17) is 14.9 Å². The van der Waals surface area contributed by atoms with Gasteiger partial charge in [-0.15, -0.1) is 0 Å². The Hall–Kier alpha value is -3.56. The van der Waals surface area contributed by atoms with E-state index in [1.165, 1.54) is 0 Å². The molecular weight excluding hydrogens is 394 g/mol. The van der Waals surface area contributed by atoms with Crippen molar-refractivity contribution in [2.75, 3.05) is 13.2 Å². The van der Waals surface area contributed by atoms with Gasteiger partial charge in [0.15, 0.2) is 6.61 Å². The zero-order valence-electron chi connectivity index (χ0n) is 16.2. The first-order chi connectivity index (χ1) is 14.3. The normalized spacial score (nSPS) is 13.5. The summed E-state index contributed by atoms with van der Waals surface area (Å²) in [6.45, 7) is -0.193. The highest BCUT2D eigenvalue weighted by atomic mass is 16.5. The molecule has 1 aromatic heterocycles. The molecule has 1 atom stereocenters. The maximum absolute atomic E-state index is 12.1. The monoisotopic (exact) mass is 417 g/mol. The fraction of sp³-hybridized carbons (Fsp3) is 0.400. The highest BCUT2D eigenvalue weighted by Gasteiger charge is 2.21. The number of aryl methyl sites for hydroxylation is 1. The van der Waals surface area contributed by atoms with Crippen LogP contribution in [-0.4, -0.2) is 42.2 Å². The van der Waals surface area contributed by atoms with Crippen molar-refractivity contribution in [1.82, 2.24) is 10.6 Å². The van der Waals surface area contributed by atoms with Crippen LogP contribution in [0.5, 0.6) is 5.75 Å². The van der Waals surface area contributed by atoms with Gasteiger partial charge in [0, 0.05) is 23.6 Å². The number of carbonyl (C=O) groups is 3. The van der Waals surface area contributed by atoms with Gasteiger partial charge < -0.3 is 30.6 Å². The molecule has 0 fully saturated rings. The second-order valence-corrected chi connectivity index (χ2v) is 7.04. The van der Waals surface area contributed by atoms with Gasteiger partial charge in [-0.25, -0.2) is 14.4 Å².